The highest BCUT2D eigenvalue weighted by Crippen LogP contribution is 2.25. The van der Waals surface area contributed by atoms with Crippen LogP contribution in [0.2, 0.25) is 0 Å². The molecule has 0 aliphatic heterocycles. The first kappa shape index (κ1) is 26.9. The molecule has 0 unspecified atom stereocenters. The molecule has 0 heterocycles. The number of hydrogen-bond donors (Lipinski definition) is 0. The number of hydrogen-bond acceptors (Lipinski definition) is 4. The SMILES string of the molecule is CCCCCCCC(=O)OCC(CBr)(CBr)COC(=O)CCCCCCC. The topological polar surface area (TPSA) is 52.6 Å². The molecule has 0 atom stereocenters. The minimum atomic E-state index is -0.421. The monoisotopic (exact) mass is 512 g/mol. The first-order chi connectivity index (χ1) is 13.0. The summed E-state index contributed by atoms with van der Waals surface area (Å²) in [4.78, 5) is 23.9. The number of rotatable bonds is 18. The van der Waals surface area contributed by atoms with Gasteiger partial charge in [0.05, 0.1) is 5.41 Å². The van der Waals surface area contributed by atoms with E-state index >= 15 is 0 Å². The fourth-order valence-electron chi connectivity index (χ4n) is 2.59. The summed E-state index contributed by atoms with van der Waals surface area (Å²) in [5.41, 5.74) is -0.421. The largest absolute Gasteiger partial charge is 0.465 e. The summed E-state index contributed by atoms with van der Waals surface area (Å²) in [5, 5.41) is 1.19. The molecule has 0 bridgehead atoms. The molecule has 27 heavy (non-hydrogen) atoms. The number of carbonyl (C=O) groups excluding carboxylic acids is 2. The summed E-state index contributed by atoms with van der Waals surface area (Å²) in [6.07, 6.45) is 12.0. The van der Waals surface area contributed by atoms with Gasteiger partial charge in [-0.15, -0.1) is 0 Å². The lowest BCUT2D eigenvalue weighted by molar-refractivity contribution is -0.152. The van der Waals surface area contributed by atoms with Crippen molar-refractivity contribution in [3.8, 4) is 0 Å². The van der Waals surface area contributed by atoms with E-state index in [4.69, 9.17) is 9.47 Å². The smallest absolute Gasteiger partial charge is 0.305 e. The maximum atomic E-state index is 12.0. The molecule has 0 saturated heterocycles. The van der Waals surface area contributed by atoms with Crippen molar-refractivity contribution < 1.29 is 19.1 Å². The predicted molar refractivity (Wildman–Crippen MR) is 119 cm³/mol. The van der Waals surface area contributed by atoms with Crippen LogP contribution in [0.5, 0.6) is 0 Å². The van der Waals surface area contributed by atoms with Gasteiger partial charge in [-0.1, -0.05) is 97.1 Å². The molecule has 0 aromatic heterocycles. The lowest BCUT2D eigenvalue weighted by atomic mass is 9.96. The van der Waals surface area contributed by atoms with E-state index in [1.54, 1.807) is 0 Å². The van der Waals surface area contributed by atoms with Gasteiger partial charge in [0.15, 0.2) is 0 Å². The van der Waals surface area contributed by atoms with Crippen molar-refractivity contribution in [3.63, 3.8) is 0 Å². The summed E-state index contributed by atoms with van der Waals surface area (Å²) in [6.45, 7) is 4.85. The van der Waals surface area contributed by atoms with Crippen molar-refractivity contribution >= 4 is 43.8 Å². The van der Waals surface area contributed by atoms with Crippen molar-refractivity contribution in [1.82, 2.24) is 0 Å². The zero-order valence-electron chi connectivity index (χ0n) is 17.2. The van der Waals surface area contributed by atoms with Crippen LogP contribution in [0.4, 0.5) is 0 Å². The van der Waals surface area contributed by atoms with E-state index in [1.807, 2.05) is 0 Å². The van der Waals surface area contributed by atoms with Crippen molar-refractivity contribution in [1.29, 1.82) is 0 Å². The van der Waals surface area contributed by atoms with Gasteiger partial charge >= 0.3 is 11.9 Å². The minimum Gasteiger partial charge on any atom is -0.465 e. The molecule has 6 heteroatoms. The van der Waals surface area contributed by atoms with Crippen LogP contribution in [0.3, 0.4) is 0 Å². The highest BCUT2D eigenvalue weighted by molar-refractivity contribution is 9.09. The van der Waals surface area contributed by atoms with Gasteiger partial charge in [-0.25, -0.2) is 0 Å². The zero-order valence-corrected chi connectivity index (χ0v) is 20.4. The first-order valence-electron chi connectivity index (χ1n) is 10.5. The van der Waals surface area contributed by atoms with Gasteiger partial charge < -0.3 is 9.47 Å². The number of esters is 2. The van der Waals surface area contributed by atoms with Gasteiger partial charge in [0.25, 0.3) is 0 Å². The summed E-state index contributed by atoms with van der Waals surface area (Å²) in [6, 6.07) is 0. The van der Waals surface area contributed by atoms with Gasteiger partial charge in [0.2, 0.25) is 0 Å². The van der Waals surface area contributed by atoms with Crippen molar-refractivity contribution in [3.05, 3.63) is 0 Å². The summed E-state index contributed by atoms with van der Waals surface area (Å²) in [5.74, 6) is -0.333. The van der Waals surface area contributed by atoms with E-state index in [-0.39, 0.29) is 25.2 Å². The van der Waals surface area contributed by atoms with E-state index in [2.05, 4.69) is 45.7 Å². The van der Waals surface area contributed by atoms with Crippen LogP contribution < -0.4 is 0 Å². The molecule has 0 amide bonds. The number of halogens is 2. The Morgan fingerprint density at radius 2 is 1.04 bits per heavy atom. The Morgan fingerprint density at radius 1 is 0.667 bits per heavy atom. The quantitative estimate of drug-likeness (QED) is 0.118. The van der Waals surface area contributed by atoms with Crippen LogP contribution in [0, 0.1) is 5.41 Å². The number of ether oxygens (including phenoxy) is 2. The second-order valence-electron chi connectivity index (χ2n) is 7.42. The second-order valence-corrected chi connectivity index (χ2v) is 8.54. The van der Waals surface area contributed by atoms with Gasteiger partial charge in [0.1, 0.15) is 13.2 Å². The second kappa shape index (κ2) is 18.0. The molecular formula is C21H38Br2O4. The van der Waals surface area contributed by atoms with E-state index in [9.17, 15) is 9.59 Å². The van der Waals surface area contributed by atoms with Crippen molar-refractivity contribution in [2.75, 3.05) is 23.9 Å². The molecule has 0 N–H and O–H groups in total. The van der Waals surface area contributed by atoms with Crippen LogP contribution in [-0.2, 0) is 19.1 Å². The van der Waals surface area contributed by atoms with Gasteiger partial charge in [-0.05, 0) is 12.8 Å². The Kier molecular flexibility index (Phi) is 17.9. The molecule has 4 nitrogen and oxygen atoms in total. The fraction of sp³-hybridized carbons (Fsp3) is 0.905. The van der Waals surface area contributed by atoms with Crippen LogP contribution in [0.25, 0.3) is 0 Å². The van der Waals surface area contributed by atoms with Crippen LogP contribution in [0.15, 0.2) is 0 Å². The van der Waals surface area contributed by atoms with Crippen LogP contribution in [0.1, 0.15) is 90.9 Å². The molecule has 0 aromatic rings. The Bertz CT molecular complexity index is 352. The Balaban J connectivity index is 4.11. The van der Waals surface area contributed by atoms with Crippen LogP contribution >= 0.6 is 31.9 Å². The molecule has 0 radical (unpaired) electrons. The fourth-order valence-corrected chi connectivity index (χ4v) is 4.17. The summed E-state index contributed by atoms with van der Waals surface area (Å²) < 4.78 is 10.9. The summed E-state index contributed by atoms with van der Waals surface area (Å²) >= 11 is 6.97. The Hall–Kier alpha value is -0.100. The molecule has 0 saturated carbocycles. The lowest BCUT2D eigenvalue weighted by Gasteiger charge is -2.28. The Labute approximate surface area is 182 Å². The highest BCUT2D eigenvalue weighted by atomic mass is 79.9. The predicted octanol–water partition coefficient (Wildman–Crippen LogP) is 6.57. The molecule has 160 valence electrons. The molecule has 0 aromatic carbocycles. The third-order valence-corrected chi connectivity index (χ3v) is 6.99. The van der Waals surface area contributed by atoms with Gasteiger partial charge in [-0.3, -0.25) is 9.59 Å². The molecule has 0 spiro atoms. The normalized spacial score (nSPS) is 11.4. The number of alkyl halides is 2. The zero-order chi connectivity index (χ0) is 20.4. The average molecular weight is 514 g/mol. The van der Waals surface area contributed by atoms with E-state index in [0.717, 1.165) is 25.7 Å². The number of carbonyl (C=O) groups is 2. The van der Waals surface area contributed by atoms with Crippen LogP contribution in [-0.4, -0.2) is 35.8 Å². The Morgan fingerprint density at radius 3 is 1.37 bits per heavy atom. The minimum absolute atomic E-state index is 0.167. The third kappa shape index (κ3) is 14.5. The van der Waals surface area contributed by atoms with Crippen molar-refractivity contribution in [2.24, 2.45) is 5.41 Å². The van der Waals surface area contributed by atoms with Gasteiger partial charge in [-0.2, -0.15) is 0 Å². The molecule has 0 rings (SSSR count). The number of unbranched alkanes of at least 4 members (excludes halogenated alkanes) is 8. The van der Waals surface area contributed by atoms with E-state index in [0.29, 0.717) is 23.5 Å². The molecule has 0 fully saturated rings. The maximum Gasteiger partial charge on any atom is 0.305 e. The maximum absolute atomic E-state index is 12.0. The molecule has 0 aliphatic rings. The lowest BCUT2D eigenvalue weighted by Crippen LogP contribution is -2.37. The van der Waals surface area contributed by atoms with E-state index in [1.165, 1.54) is 38.5 Å². The standard InChI is InChI=1S/C21H38Br2O4/c1-3-5-7-9-11-13-19(24)26-17-21(15-22,16-23)18-27-20(25)14-12-10-8-6-4-2/h3-18H2,1-2H3. The van der Waals surface area contributed by atoms with Gasteiger partial charge in [0, 0.05) is 23.5 Å². The molecule has 0 aliphatic carbocycles. The summed E-state index contributed by atoms with van der Waals surface area (Å²) in [7, 11) is 0. The van der Waals surface area contributed by atoms with E-state index < -0.39 is 5.41 Å². The van der Waals surface area contributed by atoms with Crippen molar-refractivity contribution in [2.45, 2.75) is 90.9 Å². The third-order valence-electron chi connectivity index (χ3n) is 4.61. The first-order valence-corrected chi connectivity index (χ1v) is 12.7. The average Bonchev–Trinajstić information content (AvgIpc) is 2.68. The highest BCUT2D eigenvalue weighted by Gasteiger charge is 2.32. The molecular weight excluding hydrogens is 476 g/mol.